The standard InChI is InChI=1S/C23H25FN4O2S/c24-13-20-2-1-17(14-26-20)18-11-16-5-8-25-15-22(16)23(12-18)27-19-6-9-28(10-7-19)31(29,30)21-3-4-21/h1-2,5,8,11-12,14-15,19,21,27H,3-4,6-7,9-10,13H2. The molecule has 2 fully saturated rings. The van der Waals surface area contributed by atoms with Crippen molar-refractivity contribution in [3.8, 4) is 11.1 Å². The number of nitrogens with one attached hydrogen (secondary N) is 1. The fourth-order valence-electron chi connectivity index (χ4n) is 4.21. The lowest BCUT2D eigenvalue weighted by molar-refractivity contribution is 0.329. The molecule has 6 nitrogen and oxygen atoms in total. The summed E-state index contributed by atoms with van der Waals surface area (Å²) >= 11 is 0. The van der Waals surface area contributed by atoms with Crippen LogP contribution in [-0.4, -0.2) is 47.1 Å². The Hall–Kier alpha value is -2.58. The highest BCUT2D eigenvalue weighted by Gasteiger charge is 2.41. The van der Waals surface area contributed by atoms with Gasteiger partial charge in [-0.15, -0.1) is 0 Å². The van der Waals surface area contributed by atoms with Crippen LogP contribution in [0.1, 0.15) is 31.4 Å². The second kappa shape index (κ2) is 8.16. The van der Waals surface area contributed by atoms with Crippen molar-refractivity contribution in [3.63, 3.8) is 0 Å². The van der Waals surface area contributed by atoms with Gasteiger partial charge in [0.05, 0.1) is 10.9 Å². The number of sulfonamides is 1. The molecule has 0 unspecified atom stereocenters. The van der Waals surface area contributed by atoms with E-state index in [4.69, 9.17) is 0 Å². The zero-order chi connectivity index (χ0) is 21.4. The first-order valence-corrected chi connectivity index (χ1v) is 12.2. The molecule has 2 aromatic heterocycles. The molecule has 2 aliphatic rings. The highest BCUT2D eigenvalue weighted by molar-refractivity contribution is 7.90. The van der Waals surface area contributed by atoms with Crippen LogP contribution in [0.4, 0.5) is 10.1 Å². The number of hydrogen-bond donors (Lipinski definition) is 1. The molecule has 5 rings (SSSR count). The van der Waals surface area contributed by atoms with E-state index in [1.165, 1.54) is 0 Å². The topological polar surface area (TPSA) is 75.2 Å². The van der Waals surface area contributed by atoms with Crippen LogP contribution in [0.15, 0.2) is 48.9 Å². The number of pyridine rings is 2. The maximum atomic E-state index is 12.8. The van der Waals surface area contributed by atoms with Crippen LogP contribution in [0.5, 0.6) is 0 Å². The van der Waals surface area contributed by atoms with E-state index in [1.807, 2.05) is 18.3 Å². The van der Waals surface area contributed by atoms with Gasteiger partial charge in [-0.1, -0.05) is 6.07 Å². The number of anilines is 1. The maximum Gasteiger partial charge on any atom is 0.216 e. The summed E-state index contributed by atoms with van der Waals surface area (Å²) in [5.74, 6) is 0. The molecule has 1 saturated carbocycles. The molecule has 1 saturated heterocycles. The maximum absolute atomic E-state index is 12.8. The van der Waals surface area contributed by atoms with Gasteiger partial charge in [0.2, 0.25) is 10.0 Å². The molecule has 1 N–H and O–H groups in total. The Morgan fingerprint density at radius 1 is 1.03 bits per heavy atom. The Balaban J connectivity index is 1.39. The van der Waals surface area contributed by atoms with Gasteiger partial charge in [-0.05, 0) is 60.9 Å². The number of hydrogen-bond acceptors (Lipinski definition) is 5. The Labute approximate surface area is 181 Å². The number of benzene rings is 1. The van der Waals surface area contributed by atoms with Crippen molar-refractivity contribution in [2.75, 3.05) is 18.4 Å². The fraction of sp³-hybridized carbons (Fsp3) is 0.391. The van der Waals surface area contributed by atoms with Crippen LogP contribution >= 0.6 is 0 Å². The minimum Gasteiger partial charge on any atom is -0.382 e. The highest BCUT2D eigenvalue weighted by atomic mass is 32.2. The Bertz CT molecular complexity index is 1190. The predicted molar refractivity (Wildman–Crippen MR) is 120 cm³/mol. The van der Waals surface area contributed by atoms with Gasteiger partial charge in [0.1, 0.15) is 6.67 Å². The largest absolute Gasteiger partial charge is 0.382 e. The second-order valence-electron chi connectivity index (χ2n) is 8.35. The molecular weight excluding hydrogens is 415 g/mol. The number of piperidine rings is 1. The Morgan fingerprint density at radius 2 is 1.84 bits per heavy atom. The summed E-state index contributed by atoms with van der Waals surface area (Å²) in [5, 5.41) is 5.55. The molecule has 0 atom stereocenters. The van der Waals surface area contributed by atoms with Crippen LogP contribution in [0.3, 0.4) is 0 Å². The summed E-state index contributed by atoms with van der Waals surface area (Å²) in [7, 11) is -3.11. The zero-order valence-corrected chi connectivity index (χ0v) is 18.0. The summed E-state index contributed by atoms with van der Waals surface area (Å²) in [4.78, 5) is 8.46. The molecule has 8 heteroatoms. The first-order valence-electron chi connectivity index (χ1n) is 10.7. The summed E-state index contributed by atoms with van der Waals surface area (Å²) in [5.41, 5.74) is 3.30. The predicted octanol–water partition coefficient (Wildman–Crippen LogP) is 4.13. The number of halogens is 1. The van der Waals surface area contributed by atoms with Gasteiger partial charge in [-0.3, -0.25) is 9.97 Å². The van der Waals surface area contributed by atoms with Crippen molar-refractivity contribution < 1.29 is 12.8 Å². The summed E-state index contributed by atoms with van der Waals surface area (Å²) in [6.07, 6.45) is 8.44. The lowest BCUT2D eigenvalue weighted by Gasteiger charge is -2.32. The van der Waals surface area contributed by atoms with E-state index in [9.17, 15) is 12.8 Å². The third-order valence-electron chi connectivity index (χ3n) is 6.17. The molecule has 3 aromatic rings. The molecule has 0 radical (unpaired) electrons. The lowest BCUT2D eigenvalue weighted by Crippen LogP contribution is -2.43. The monoisotopic (exact) mass is 440 g/mol. The normalized spacial score (nSPS) is 18.4. The summed E-state index contributed by atoms with van der Waals surface area (Å²) in [6, 6.07) is 9.90. The fourth-order valence-corrected chi connectivity index (χ4v) is 6.08. The number of nitrogens with zero attached hydrogens (tertiary/aromatic N) is 3. The van der Waals surface area contributed by atoms with E-state index in [2.05, 4.69) is 27.4 Å². The van der Waals surface area contributed by atoms with Crippen molar-refractivity contribution in [2.45, 2.75) is 43.6 Å². The zero-order valence-electron chi connectivity index (χ0n) is 17.2. The van der Waals surface area contributed by atoms with Crippen molar-refractivity contribution >= 4 is 26.5 Å². The van der Waals surface area contributed by atoms with Crippen LogP contribution in [0.25, 0.3) is 21.9 Å². The minimum atomic E-state index is -3.11. The lowest BCUT2D eigenvalue weighted by atomic mass is 10.00. The molecule has 31 heavy (non-hydrogen) atoms. The van der Waals surface area contributed by atoms with Crippen molar-refractivity contribution in [1.29, 1.82) is 0 Å². The quantitative estimate of drug-likeness (QED) is 0.624. The number of fused-ring (bicyclic) bond motifs is 1. The minimum absolute atomic E-state index is 0.152. The van der Waals surface area contributed by atoms with Gasteiger partial charge < -0.3 is 5.32 Å². The van der Waals surface area contributed by atoms with Crippen molar-refractivity contribution in [1.82, 2.24) is 14.3 Å². The smallest absolute Gasteiger partial charge is 0.216 e. The molecule has 1 aliphatic heterocycles. The summed E-state index contributed by atoms with van der Waals surface area (Å²) in [6.45, 7) is 0.535. The van der Waals surface area contributed by atoms with Crippen LogP contribution < -0.4 is 5.32 Å². The van der Waals surface area contributed by atoms with E-state index in [-0.39, 0.29) is 11.3 Å². The van der Waals surface area contributed by atoms with E-state index in [0.29, 0.717) is 18.8 Å². The second-order valence-corrected chi connectivity index (χ2v) is 10.6. The average molecular weight is 441 g/mol. The highest BCUT2D eigenvalue weighted by Crippen LogP contribution is 2.34. The van der Waals surface area contributed by atoms with E-state index in [1.54, 1.807) is 22.8 Å². The van der Waals surface area contributed by atoms with Gasteiger partial charge in [-0.25, -0.2) is 17.1 Å². The first-order chi connectivity index (χ1) is 15.0. The average Bonchev–Trinajstić information content (AvgIpc) is 3.66. The third kappa shape index (κ3) is 4.14. The van der Waals surface area contributed by atoms with E-state index < -0.39 is 16.7 Å². The SMILES string of the molecule is O=S(=O)(C1CC1)N1CCC(Nc2cc(-c3ccc(CF)nc3)cc3ccncc23)CC1. The molecule has 0 bridgehead atoms. The number of rotatable bonds is 6. The number of alkyl halides is 1. The molecule has 3 heterocycles. The van der Waals surface area contributed by atoms with Crippen LogP contribution in [-0.2, 0) is 16.7 Å². The van der Waals surface area contributed by atoms with Crippen molar-refractivity contribution in [2.24, 2.45) is 0 Å². The first kappa shape index (κ1) is 20.3. The van der Waals surface area contributed by atoms with E-state index in [0.717, 1.165) is 53.3 Å². The summed E-state index contributed by atoms with van der Waals surface area (Å²) < 4.78 is 39.5. The van der Waals surface area contributed by atoms with Gasteiger partial charge >= 0.3 is 0 Å². The van der Waals surface area contributed by atoms with Gasteiger partial charge in [0.15, 0.2) is 0 Å². The number of aromatic nitrogens is 2. The molecule has 0 spiro atoms. The van der Waals surface area contributed by atoms with E-state index >= 15 is 0 Å². The van der Waals surface area contributed by atoms with Crippen LogP contribution in [0.2, 0.25) is 0 Å². The van der Waals surface area contributed by atoms with Crippen LogP contribution in [0, 0.1) is 0 Å². The van der Waals surface area contributed by atoms with Gasteiger partial charge in [0.25, 0.3) is 0 Å². The molecule has 162 valence electrons. The Kier molecular flexibility index (Phi) is 5.35. The molecule has 1 aromatic carbocycles. The Morgan fingerprint density at radius 3 is 2.52 bits per heavy atom. The van der Waals surface area contributed by atoms with Crippen molar-refractivity contribution in [3.05, 3.63) is 54.6 Å². The molecule has 1 aliphatic carbocycles. The van der Waals surface area contributed by atoms with Gasteiger partial charge in [0, 0.05) is 54.4 Å². The third-order valence-corrected chi connectivity index (χ3v) is 8.57. The molecule has 0 amide bonds. The van der Waals surface area contributed by atoms with Gasteiger partial charge in [-0.2, -0.15) is 0 Å². The molecular formula is C23H25FN4O2S.